The largest absolute Gasteiger partial charge is 0.493 e. The molecule has 92 valence electrons. The Bertz CT molecular complexity index is 439. The predicted octanol–water partition coefficient (Wildman–Crippen LogP) is 3.35. The summed E-state index contributed by atoms with van der Waals surface area (Å²) in [4.78, 5) is 10.9. The smallest absolute Gasteiger partial charge is 0.179 e. The molecule has 0 aliphatic heterocycles. The molecule has 1 rings (SSSR count). The molecule has 0 aliphatic rings. The van der Waals surface area contributed by atoms with Crippen molar-refractivity contribution in [3.8, 4) is 11.5 Å². The van der Waals surface area contributed by atoms with Crippen LogP contribution in [0.15, 0.2) is 18.2 Å². The van der Waals surface area contributed by atoms with Crippen LogP contribution in [0.3, 0.4) is 0 Å². The van der Waals surface area contributed by atoms with Crippen molar-refractivity contribution in [2.24, 2.45) is 0 Å². The first kappa shape index (κ1) is 13.6. The van der Waals surface area contributed by atoms with Crippen molar-refractivity contribution >= 4 is 23.5 Å². The molecule has 0 aromatic heterocycles. The van der Waals surface area contributed by atoms with Crippen molar-refractivity contribution < 1.29 is 14.3 Å². The minimum atomic E-state index is -0.0195. The van der Waals surface area contributed by atoms with Gasteiger partial charge in [-0.2, -0.15) is 0 Å². The minimum Gasteiger partial charge on any atom is -0.493 e. The van der Waals surface area contributed by atoms with Crippen LogP contribution in [0.2, 0.25) is 5.02 Å². The maximum absolute atomic E-state index is 10.9. The molecule has 0 radical (unpaired) electrons. The molecule has 0 heterocycles. The number of ether oxygens (including phenoxy) is 2. The van der Waals surface area contributed by atoms with E-state index in [1.165, 1.54) is 13.0 Å². The molecule has 17 heavy (non-hydrogen) atoms. The first-order valence-electron chi connectivity index (χ1n) is 5.27. The number of hydrogen-bond donors (Lipinski definition) is 0. The van der Waals surface area contributed by atoms with Gasteiger partial charge in [-0.15, -0.1) is 0 Å². The van der Waals surface area contributed by atoms with Gasteiger partial charge in [0.25, 0.3) is 0 Å². The minimum absolute atomic E-state index is 0.0195. The van der Waals surface area contributed by atoms with Gasteiger partial charge in [-0.25, -0.2) is 0 Å². The standard InChI is InChI=1S/C13H15ClO3/c1-4-17-13-11(14)7-10(6-5-9(2)15)8-12(13)16-3/h5-8H,4H2,1-3H3. The molecule has 1 aromatic rings. The zero-order valence-electron chi connectivity index (χ0n) is 10.1. The summed E-state index contributed by atoms with van der Waals surface area (Å²) in [6, 6.07) is 3.50. The second kappa shape index (κ2) is 6.30. The van der Waals surface area contributed by atoms with Gasteiger partial charge in [0, 0.05) is 0 Å². The summed E-state index contributed by atoms with van der Waals surface area (Å²) in [5, 5.41) is 0.467. The van der Waals surface area contributed by atoms with Gasteiger partial charge in [-0.3, -0.25) is 4.79 Å². The number of rotatable bonds is 5. The average molecular weight is 255 g/mol. The Morgan fingerprint density at radius 2 is 2.18 bits per heavy atom. The Labute approximate surface area is 106 Å². The van der Waals surface area contributed by atoms with Crippen LogP contribution in [0.25, 0.3) is 6.08 Å². The number of allylic oxidation sites excluding steroid dienone is 1. The van der Waals surface area contributed by atoms with Crippen LogP contribution in [0.1, 0.15) is 19.4 Å². The van der Waals surface area contributed by atoms with E-state index in [0.717, 1.165) is 5.56 Å². The van der Waals surface area contributed by atoms with E-state index in [1.54, 1.807) is 25.3 Å². The molecule has 0 saturated heterocycles. The van der Waals surface area contributed by atoms with Gasteiger partial charge in [-0.1, -0.05) is 17.7 Å². The van der Waals surface area contributed by atoms with E-state index in [1.807, 2.05) is 6.92 Å². The Kier molecular flexibility index (Phi) is 5.04. The van der Waals surface area contributed by atoms with Crippen molar-refractivity contribution in [2.45, 2.75) is 13.8 Å². The molecule has 0 N–H and O–H groups in total. The number of halogens is 1. The van der Waals surface area contributed by atoms with E-state index >= 15 is 0 Å². The lowest BCUT2D eigenvalue weighted by Gasteiger charge is -2.11. The fraction of sp³-hybridized carbons (Fsp3) is 0.308. The molecule has 0 amide bonds. The predicted molar refractivity (Wildman–Crippen MR) is 68.9 cm³/mol. The molecule has 0 unspecified atom stereocenters. The van der Waals surface area contributed by atoms with Crippen LogP contribution in [0.4, 0.5) is 0 Å². The lowest BCUT2D eigenvalue weighted by molar-refractivity contribution is -0.112. The molecule has 3 nitrogen and oxygen atoms in total. The fourth-order valence-electron chi connectivity index (χ4n) is 1.33. The van der Waals surface area contributed by atoms with Crippen molar-refractivity contribution in [3.05, 3.63) is 28.8 Å². The van der Waals surface area contributed by atoms with Crippen molar-refractivity contribution in [1.82, 2.24) is 0 Å². The van der Waals surface area contributed by atoms with Crippen LogP contribution in [0.5, 0.6) is 11.5 Å². The Morgan fingerprint density at radius 3 is 2.71 bits per heavy atom. The summed E-state index contributed by atoms with van der Waals surface area (Å²) < 4.78 is 10.6. The maximum atomic E-state index is 10.9. The van der Waals surface area contributed by atoms with Crippen LogP contribution < -0.4 is 9.47 Å². The third-order valence-corrected chi connectivity index (χ3v) is 2.33. The molecule has 0 aliphatic carbocycles. The summed E-state index contributed by atoms with van der Waals surface area (Å²) in [5.41, 5.74) is 0.797. The monoisotopic (exact) mass is 254 g/mol. The normalized spacial score (nSPS) is 10.6. The first-order chi connectivity index (χ1) is 8.08. The SMILES string of the molecule is CCOc1c(Cl)cc(C=CC(C)=O)cc1OC. The average Bonchev–Trinajstić information content (AvgIpc) is 2.29. The highest BCUT2D eigenvalue weighted by Gasteiger charge is 2.10. The number of ketones is 1. The molecule has 0 bridgehead atoms. The van der Waals surface area contributed by atoms with Gasteiger partial charge >= 0.3 is 0 Å². The second-order valence-corrected chi connectivity index (χ2v) is 3.82. The van der Waals surface area contributed by atoms with E-state index in [4.69, 9.17) is 21.1 Å². The Hall–Kier alpha value is -1.48. The third kappa shape index (κ3) is 3.79. The zero-order valence-corrected chi connectivity index (χ0v) is 10.9. The number of carbonyl (C=O) groups excluding carboxylic acids is 1. The van der Waals surface area contributed by atoms with Crippen LogP contribution >= 0.6 is 11.6 Å². The highest BCUT2D eigenvalue weighted by Crippen LogP contribution is 2.36. The van der Waals surface area contributed by atoms with Gasteiger partial charge in [-0.05, 0) is 37.6 Å². The maximum Gasteiger partial charge on any atom is 0.179 e. The lowest BCUT2D eigenvalue weighted by atomic mass is 10.1. The van der Waals surface area contributed by atoms with E-state index in [-0.39, 0.29) is 5.78 Å². The Balaban J connectivity index is 3.12. The van der Waals surface area contributed by atoms with Crippen molar-refractivity contribution in [3.63, 3.8) is 0 Å². The van der Waals surface area contributed by atoms with Crippen LogP contribution in [-0.2, 0) is 4.79 Å². The molecule has 0 saturated carbocycles. The van der Waals surface area contributed by atoms with Gasteiger partial charge in [0.1, 0.15) is 0 Å². The quantitative estimate of drug-likeness (QED) is 0.756. The molecular formula is C13H15ClO3. The topological polar surface area (TPSA) is 35.5 Å². The summed E-state index contributed by atoms with van der Waals surface area (Å²) >= 11 is 6.08. The molecule has 0 atom stereocenters. The van der Waals surface area contributed by atoms with E-state index in [2.05, 4.69) is 0 Å². The van der Waals surface area contributed by atoms with Crippen LogP contribution in [0, 0.1) is 0 Å². The van der Waals surface area contributed by atoms with Gasteiger partial charge in [0.05, 0.1) is 18.7 Å². The summed E-state index contributed by atoms with van der Waals surface area (Å²) in [6.07, 6.45) is 3.16. The number of benzene rings is 1. The van der Waals surface area contributed by atoms with Crippen molar-refractivity contribution in [1.29, 1.82) is 0 Å². The van der Waals surface area contributed by atoms with Gasteiger partial charge < -0.3 is 9.47 Å². The van der Waals surface area contributed by atoms with E-state index < -0.39 is 0 Å². The Morgan fingerprint density at radius 1 is 1.47 bits per heavy atom. The number of carbonyl (C=O) groups is 1. The molecule has 0 fully saturated rings. The number of hydrogen-bond acceptors (Lipinski definition) is 3. The third-order valence-electron chi connectivity index (χ3n) is 2.05. The second-order valence-electron chi connectivity index (χ2n) is 3.41. The molecule has 1 aromatic carbocycles. The summed E-state index contributed by atoms with van der Waals surface area (Å²) in [7, 11) is 1.55. The van der Waals surface area contributed by atoms with E-state index in [9.17, 15) is 4.79 Å². The van der Waals surface area contributed by atoms with E-state index in [0.29, 0.717) is 23.1 Å². The molecular weight excluding hydrogens is 240 g/mol. The fourth-order valence-corrected chi connectivity index (χ4v) is 1.61. The highest BCUT2D eigenvalue weighted by atomic mass is 35.5. The molecule has 4 heteroatoms. The van der Waals surface area contributed by atoms with Gasteiger partial charge in [0.15, 0.2) is 17.3 Å². The first-order valence-corrected chi connectivity index (χ1v) is 5.65. The lowest BCUT2D eigenvalue weighted by Crippen LogP contribution is -1.96. The summed E-state index contributed by atoms with van der Waals surface area (Å²) in [6.45, 7) is 3.88. The summed E-state index contributed by atoms with van der Waals surface area (Å²) in [5.74, 6) is 1.06. The van der Waals surface area contributed by atoms with Gasteiger partial charge in [0.2, 0.25) is 0 Å². The zero-order chi connectivity index (χ0) is 12.8. The van der Waals surface area contributed by atoms with Crippen molar-refractivity contribution in [2.75, 3.05) is 13.7 Å². The molecule has 0 spiro atoms. The number of methoxy groups -OCH3 is 1. The highest BCUT2D eigenvalue weighted by molar-refractivity contribution is 6.32. The van der Waals surface area contributed by atoms with Crippen LogP contribution in [-0.4, -0.2) is 19.5 Å².